The maximum absolute atomic E-state index is 6.23. The van der Waals surface area contributed by atoms with Crippen molar-refractivity contribution in [3.05, 3.63) is 39.6 Å². The van der Waals surface area contributed by atoms with Gasteiger partial charge in [-0.15, -0.1) is 0 Å². The number of hydrogen-bond acceptors (Lipinski definition) is 5. The van der Waals surface area contributed by atoms with Crippen molar-refractivity contribution in [1.82, 2.24) is 9.97 Å². The number of nitrogens with zero attached hydrogens (tertiary/aromatic N) is 2. The monoisotopic (exact) mass is 323 g/mol. The standard InChI is InChI=1S/C14H15Cl2N5/c1-7-4-10(16)11(5-9(7)15)18-12-6-13(21-17)20-14(19-12)8-2-3-8/h4-6,8H,2-3,17H2,1H3,(H2,18,19,20,21). The zero-order chi connectivity index (χ0) is 15.0. The summed E-state index contributed by atoms with van der Waals surface area (Å²) < 4.78 is 0. The highest BCUT2D eigenvalue weighted by Crippen LogP contribution is 2.39. The highest BCUT2D eigenvalue weighted by Gasteiger charge is 2.27. The van der Waals surface area contributed by atoms with Gasteiger partial charge in [-0.2, -0.15) is 0 Å². The second kappa shape index (κ2) is 5.67. The van der Waals surface area contributed by atoms with Crippen LogP contribution in [0.1, 0.15) is 30.1 Å². The number of hydrazine groups is 1. The predicted octanol–water partition coefficient (Wildman–Crippen LogP) is 4.00. The average Bonchev–Trinajstić information content (AvgIpc) is 3.29. The summed E-state index contributed by atoms with van der Waals surface area (Å²) in [6, 6.07) is 5.33. The summed E-state index contributed by atoms with van der Waals surface area (Å²) in [4.78, 5) is 8.88. The molecule has 1 aliphatic rings. The van der Waals surface area contributed by atoms with Gasteiger partial charge in [0, 0.05) is 17.0 Å². The second-order valence-electron chi connectivity index (χ2n) is 5.12. The first kappa shape index (κ1) is 14.4. The first-order chi connectivity index (χ1) is 10.1. The molecule has 1 aromatic heterocycles. The Bertz CT molecular complexity index is 685. The van der Waals surface area contributed by atoms with Crippen LogP contribution in [-0.4, -0.2) is 9.97 Å². The van der Waals surface area contributed by atoms with Crippen LogP contribution < -0.4 is 16.6 Å². The van der Waals surface area contributed by atoms with Crippen molar-refractivity contribution in [2.45, 2.75) is 25.7 Å². The highest BCUT2D eigenvalue weighted by molar-refractivity contribution is 6.35. The summed E-state index contributed by atoms with van der Waals surface area (Å²) in [6.07, 6.45) is 2.23. The van der Waals surface area contributed by atoms with E-state index in [1.165, 1.54) is 0 Å². The Kier molecular flexibility index (Phi) is 3.89. The van der Waals surface area contributed by atoms with Gasteiger partial charge < -0.3 is 10.7 Å². The molecular formula is C14H15Cl2N5. The van der Waals surface area contributed by atoms with Crippen molar-refractivity contribution in [1.29, 1.82) is 0 Å². The maximum Gasteiger partial charge on any atom is 0.145 e. The molecule has 0 bridgehead atoms. The summed E-state index contributed by atoms with van der Waals surface area (Å²) in [6.45, 7) is 1.91. The van der Waals surface area contributed by atoms with Crippen LogP contribution in [0.3, 0.4) is 0 Å². The molecule has 0 unspecified atom stereocenters. The minimum atomic E-state index is 0.427. The van der Waals surface area contributed by atoms with Crippen molar-refractivity contribution in [3.8, 4) is 0 Å². The lowest BCUT2D eigenvalue weighted by molar-refractivity contribution is 0.929. The van der Waals surface area contributed by atoms with Crippen molar-refractivity contribution < 1.29 is 0 Å². The highest BCUT2D eigenvalue weighted by atomic mass is 35.5. The molecule has 1 aromatic carbocycles. The SMILES string of the molecule is Cc1cc(Cl)c(Nc2cc(NN)nc(C3CC3)n2)cc1Cl. The summed E-state index contributed by atoms with van der Waals surface area (Å²) in [7, 11) is 0. The number of nitrogens with one attached hydrogen (secondary N) is 2. The normalized spacial score (nSPS) is 14.1. The molecule has 0 amide bonds. The topological polar surface area (TPSA) is 75.9 Å². The van der Waals surface area contributed by atoms with Crippen LogP contribution in [0.25, 0.3) is 0 Å². The number of rotatable bonds is 4. The Morgan fingerprint density at radius 1 is 1.10 bits per heavy atom. The molecule has 4 N–H and O–H groups in total. The predicted molar refractivity (Wildman–Crippen MR) is 86.3 cm³/mol. The molecule has 21 heavy (non-hydrogen) atoms. The summed E-state index contributed by atoms with van der Waals surface area (Å²) in [5.41, 5.74) is 4.19. The van der Waals surface area contributed by atoms with Gasteiger partial charge in [-0.05, 0) is 37.5 Å². The molecule has 0 spiro atoms. The number of nitrogen functional groups attached to an aromatic ring is 1. The molecule has 0 saturated heterocycles. The molecule has 3 rings (SSSR count). The van der Waals surface area contributed by atoms with E-state index in [0.717, 1.165) is 24.2 Å². The fraction of sp³-hybridized carbons (Fsp3) is 0.286. The van der Waals surface area contributed by atoms with E-state index in [-0.39, 0.29) is 0 Å². The van der Waals surface area contributed by atoms with E-state index >= 15 is 0 Å². The molecule has 5 nitrogen and oxygen atoms in total. The van der Waals surface area contributed by atoms with Gasteiger partial charge >= 0.3 is 0 Å². The third-order valence-corrected chi connectivity index (χ3v) is 4.06. The van der Waals surface area contributed by atoms with Crippen molar-refractivity contribution >= 4 is 40.5 Å². The van der Waals surface area contributed by atoms with Crippen molar-refractivity contribution in [2.24, 2.45) is 5.84 Å². The molecule has 0 atom stereocenters. The smallest absolute Gasteiger partial charge is 0.145 e. The minimum absolute atomic E-state index is 0.427. The Morgan fingerprint density at radius 2 is 1.81 bits per heavy atom. The maximum atomic E-state index is 6.23. The van der Waals surface area contributed by atoms with Crippen molar-refractivity contribution in [2.75, 3.05) is 10.7 Å². The van der Waals surface area contributed by atoms with E-state index in [0.29, 0.717) is 33.3 Å². The van der Waals surface area contributed by atoms with Crippen molar-refractivity contribution in [3.63, 3.8) is 0 Å². The lowest BCUT2D eigenvalue weighted by atomic mass is 10.2. The summed E-state index contributed by atoms with van der Waals surface area (Å²) in [5, 5.41) is 4.41. The molecule has 1 heterocycles. The molecule has 1 aliphatic carbocycles. The number of benzene rings is 1. The first-order valence-electron chi connectivity index (χ1n) is 6.65. The lowest BCUT2D eigenvalue weighted by Gasteiger charge is -2.12. The molecule has 0 radical (unpaired) electrons. The fourth-order valence-corrected chi connectivity index (χ4v) is 2.44. The third kappa shape index (κ3) is 3.20. The van der Waals surface area contributed by atoms with Crippen LogP contribution >= 0.6 is 23.2 Å². The van der Waals surface area contributed by atoms with Gasteiger partial charge in [0.15, 0.2) is 0 Å². The van der Waals surface area contributed by atoms with Crippen LogP contribution in [0, 0.1) is 6.92 Å². The second-order valence-corrected chi connectivity index (χ2v) is 5.94. The summed E-state index contributed by atoms with van der Waals surface area (Å²) in [5.74, 6) is 7.89. The molecule has 110 valence electrons. The molecule has 0 aliphatic heterocycles. The van der Waals surface area contributed by atoms with E-state index in [4.69, 9.17) is 29.0 Å². The number of aryl methyl sites for hydroxylation is 1. The van der Waals surface area contributed by atoms with Gasteiger partial charge in [0.2, 0.25) is 0 Å². The van der Waals surface area contributed by atoms with Crippen LogP contribution in [0.2, 0.25) is 10.0 Å². The largest absolute Gasteiger partial charge is 0.339 e. The van der Waals surface area contributed by atoms with Crippen LogP contribution in [0.4, 0.5) is 17.3 Å². The number of anilines is 3. The number of hydrogen-bond donors (Lipinski definition) is 3. The summed E-state index contributed by atoms with van der Waals surface area (Å²) >= 11 is 12.4. The Balaban J connectivity index is 1.94. The lowest BCUT2D eigenvalue weighted by Crippen LogP contribution is -2.11. The molecule has 1 saturated carbocycles. The van der Waals surface area contributed by atoms with Gasteiger partial charge in [-0.3, -0.25) is 0 Å². The van der Waals surface area contributed by atoms with E-state index < -0.39 is 0 Å². The van der Waals surface area contributed by atoms with Crippen LogP contribution in [0.5, 0.6) is 0 Å². The Morgan fingerprint density at radius 3 is 2.48 bits per heavy atom. The molecular weight excluding hydrogens is 309 g/mol. The molecule has 1 fully saturated rings. The van der Waals surface area contributed by atoms with Crippen LogP contribution in [-0.2, 0) is 0 Å². The Hall–Kier alpha value is -1.56. The van der Waals surface area contributed by atoms with E-state index in [9.17, 15) is 0 Å². The van der Waals surface area contributed by atoms with Gasteiger partial charge in [0.25, 0.3) is 0 Å². The number of nitrogens with two attached hydrogens (primary N) is 1. The molecule has 2 aromatic rings. The van der Waals surface area contributed by atoms with E-state index in [1.807, 2.05) is 13.0 Å². The van der Waals surface area contributed by atoms with E-state index in [1.54, 1.807) is 12.1 Å². The zero-order valence-corrected chi connectivity index (χ0v) is 13.0. The fourth-order valence-electron chi connectivity index (χ4n) is 2.01. The van der Waals surface area contributed by atoms with Gasteiger partial charge in [0.05, 0.1) is 10.7 Å². The quantitative estimate of drug-likeness (QED) is 0.585. The van der Waals surface area contributed by atoms with Gasteiger partial charge in [0.1, 0.15) is 17.5 Å². The average molecular weight is 324 g/mol. The Labute approximate surface area is 132 Å². The third-order valence-electron chi connectivity index (χ3n) is 3.34. The number of halogens is 2. The van der Waals surface area contributed by atoms with Gasteiger partial charge in [-0.25, -0.2) is 15.8 Å². The van der Waals surface area contributed by atoms with Gasteiger partial charge in [-0.1, -0.05) is 23.2 Å². The zero-order valence-electron chi connectivity index (χ0n) is 11.5. The first-order valence-corrected chi connectivity index (χ1v) is 7.40. The van der Waals surface area contributed by atoms with E-state index in [2.05, 4.69) is 20.7 Å². The van der Waals surface area contributed by atoms with Crippen LogP contribution in [0.15, 0.2) is 18.2 Å². The number of aromatic nitrogens is 2. The minimum Gasteiger partial charge on any atom is -0.339 e. The molecule has 7 heteroatoms.